The maximum Gasteiger partial charge on any atom is 0.573 e. The van der Waals surface area contributed by atoms with Gasteiger partial charge in [0.1, 0.15) is 5.75 Å². The van der Waals surface area contributed by atoms with E-state index in [1.54, 1.807) is 6.07 Å². The molecule has 0 atom stereocenters. The Hall–Kier alpha value is -1.17. The van der Waals surface area contributed by atoms with Crippen molar-refractivity contribution in [2.24, 2.45) is 4.40 Å². The van der Waals surface area contributed by atoms with E-state index < -0.39 is 6.36 Å². The average Bonchev–Trinajstić information content (AvgIpc) is 2.02. The molecule has 0 aliphatic heterocycles. The standard InChI is InChI=1S/C8H6F3NOS/c9-8(10,11)13-7-3-1-2-6(4-7)5-12-14/h1-5,14H. The molecule has 0 amide bonds. The molecule has 14 heavy (non-hydrogen) atoms. The first-order valence-corrected chi connectivity index (χ1v) is 3.94. The molecule has 0 bridgehead atoms. The van der Waals surface area contributed by atoms with E-state index >= 15 is 0 Å². The molecule has 0 N–H and O–H groups in total. The zero-order chi connectivity index (χ0) is 10.6. The highest BCUT2D eigenvalue weighted by atomic mass is 32.1. The maximum atomic E-state index is 11.8. The molecule has 1 aromatic rings. The van der Waals surface area contributed by atoms with Crippen LogP contribution in [0.25, 0.3) is 0 Å². The second-order valence-electron chi connectivity index (χ2n) is 2.36. The Bertz CT molecular complexity index is 338. The first-order valence-electron chi connectivity index (χ1n) is 3.54. The van der Waals surface area contributed by atoms with Gasteiger partial charge in [0.25, 0.3) is 0 Å². The van der Waals surface area contributed by atoms with Gasteiger partial charge in [0.05, 0.1) is 0 Å². The number of hydrogen-bond acceptors (Lipinski definition) is 3. The van der Waals surface area contributed by atoms with Crippen molar-refractivity contribution in [2.75, 3.05) is 0 Å². The average molecular weight is 221 g/mol. The SMILES string of the molecule is FC(F)(F)Oc1cccc(C=NS)c1. The van der Waals surface area contributed by atoms with Crippen LogP contribution in [0.4, 0.5) is 13.2 Å². The van der Waals surface area contributed by atoms with Crippen molar-refractivity contribution in [3.63, 3.8) is 0 Å². The van der Waals surface area contributed by atoms with Gasteiger partial charge in [-0.25, -0.2) is 4.40 Å². The van der Waals surface area contributed by atoms with Crippen molar-refractivity contribution < 1.29 is 17.9 Å². The summed E-state index contributed by atoms with van der Waals surface area (Å²) < 4.78 is 42.4. The summed E-state index contributed by atoms with van der Waals surface area (Å²) in [6.07, 6.45) is -3.36. The third kappa shape index (κ3) is 3.69. The third-order valence-corrected chi connectivity index (χ3v) is 1.41. The van der Waals surface area contributed by atoms with Crippen molar-refractivity contribution in [3.05, 3.63) is 29.8 Å². The molecule has 0 aliphatic carbocycles. The van der Waals surface area contributed by atoms with E-state index in [9.17, 15) is 13.2 Å². The van der Waals surface area contributed by atoms with Gasteiger partial charge in [0.15, 0.2) is 0 Å². The first-order chi connectivity index (χ1) is 6.51. The zero-order valence-corrected chi connectivity index (χ0v) is 7.72. The summed E-state index contributed by atoms with van der Waals surface area (Å²) in [4.78, 5) is 0. The molecule has 0 saturated carbocycles. The lowest BCUT2D eigenvalue weighted by atomic mass is 10.2. The summed E-state index contributed by atoms with van der Waals surface area (Å²) >= 11 is 3.56. The number of ether oxygens (including phenoxy) is 1. The van der Waals surface area contributed by atoms with Gasteiger partial charge in [-0.15, -0.1) is 13.2 Å². The van der Waals surface area contributed by atoms with E-state index in [4.69, 9.17) is 0 Å². The number of alkyl halides is 3. The number of nitrogens with zero attached hydrogens (tertiary/aromatic N) is 1. The van der Waals surface area contributed by atoms with Crippen LogP contribution in [0.3, 0.4) is 0 Å². The molecule has 0 fully saturated rings. The highest BCUT2D eigenvalue weighted by Crippen LogP contribution is 2.22. The normalized spacial score (nSPS) is 12.0. The second kappa shape index (κ2) is 4.36. The van der Waals surface area contributed by atoms with Gasteiger partial charge in [-0.1, -0.05) is 12.1 Å². The Balaban J connectivity index is 2.84. The fourth-order valence-electron chi connectivity index (χ4n) is 0.859. The minimum absolute atomic E-state index is 0.275. The molecule has 0 spiro atoms. The summed E-state index contributed by atoms with van der Waals surface area (Å²) in [5, 5.41) is 0. The minimum Gasteiger partial charge on any atom is -0.406 e. The van der Waals surface area contributed by atoms with E-state index in [0.717, 1.165) is 0 Å². The molecule has 0 radical (unpaired) electrons. The van der Waals surface area contributed by atoms with Crippen LogP contribution in [0, 0.1) is 0 Å². The van der Waals surface area contributed by atoms with Crippen molar-refractivity contribution in [3.8, 4) is 5.75 Å². The van der Waals surface area contributed by atoms with Crippen LogP contribution in [0.5, 0.6) is 5.75 Å². The Morgan fingerprint density at radius 1 is 1.36 bits per heavy atom. The van der Waals surface area contributed by atoms with Crippen LogP contribution in [0.15, 0.2) is 28.7 Å². The quantitative estimate of drug-likeness (QED) is 0.601. The summed E-state index contributed by atoms with van der Waals surface area (Å²) in [6.45, 7) is 0. The smallest absolute Gasteiger partial charge is 0.406 e. The number of benzene rings is 1. The molecular formula is C8H6F3NOS. The molecule has 76 valence electrons. The zero-order valence-electron chi connectivity index (χ0n) is 6.82. The van der Waals surface area contributed by atoms with Gasteiger partial charge in [0, 0.05) is 6.21 Å². The fraction of sp³-hybridized carbons (Fsp3) is 0.125. The van der Waals surface area contributed by atoms with E-state index in [-0.39, 0.29) is 5.75 Å². The third-order valence-electron chi connectivity index (χ3n) is 1.30. The van der Waals surface area contributed by atoms with Crippen molar-refractivity contribution in [1.29, 1.82) is 0 Å². The summed E-state index contributed by atoms with van der Waals surface area (Å²) in [5.74, 6) is -0.275. The number of rotatable bonds is 2. The van der Waals surface area contributed by atoms with Gasteiger partial charge in [-0.2, -0.15) is 0 Å². The lowest BCUT2D eigenvalue weighted by Gasteiger charge is -2.08. The Labute approximate surface area is 84.0 Å². The van der Waals surface area contributed by atoms with Crippen molar-refractivity contribution in [1.82, 2.24) is 0 Å². The Morgan fingerprint density at radius 2 is 2.07 bits per heavy atom. The minimum atomic E-state index is -4.67. The molecule has 0 aromatic heterocycles. The highest BCUT2D eigenvalue weighted by molar-refractivity contribution is 7.78. The lowest BCUT2D eigenvalue weighted by molar-refractivity contribution is -0.274. The van der Waals surface area contributed by atoms with Gasteiger partial charge in [-0.3, -0.25) is 0 Å². The van der Waals surface area contributed by atoms with E-state index in [2.05, 4.69) is 21.9 Å². The van der Waals surface area contributed by atoms with Gasteiger partial charge < -0.3 is 4.74 Å². The van der Waals surface area contributed by atoms with Crippen LogP contribution in [0.1, 0.15) is 5.56 Å². The van der Waals surface area contributed by atoms with Crippen LogP contribution in [-0.2, 0) is 0 Å². The second-order valence-corrected chi connectivity index (χ2v) is 2.60. The van der Waals surface area contributed by atoms with Crippen LogP contribution in [-0.4, -0.2) is 12.6 Å². The highest BCUT2D eigenvalue weighted by Gasteiger charge is 2.30. The number of hydrogen-bond donors (Lipinski definition) is 1. The summed E-state index contributed by atoms with van der Waals surface area (Å²) in [6, 6.07) is 5.45. The van der Waals surface area contributed by atoms with Gasteiger partial charge in [0.2, 0.25) is 0 Å². The Morgan fingerprint density at radius 3 is 2.64 bits per heavy atom. The molecule has 0 unspecified atom stereocenters. The lowest BCUT2D eigenvalue weighted by Crippen LogP contribution is -2.17. The topological polar surface area (TPSA) is 21.6 Å². The molecule has 2 nitrogen and oxygen atoms in total. The van der Waals surface area contributed by atoms with E-state index in [1.807, 2.05) is 0 Å². The molecule has 0 heterocycles. The predicted octanol–water partition coefficient (Wildman–Crippen LogP) is 2.85. The molecule has 0 aliphatic rings. The predicted molar refractivity (Wildman–Crippen MR) is 49.7 cm³/mol. The van der Waals surface area contributed by atoms with Crippen molar-refractivity contribution >= 4 is 19.0 Å². The van der Waals surface area contributed by atoms with Crippen molar-refractivity contribution in [2.45, 2.75) is 6.36 Å². The molecule has 1 aromatic carbocycles. The fourth-order valence-corrected chi connectivity index (χ4v) is 0.992. The van der Waals surface area contributed by atoms with Gasteiger partial charge >= 0.3 is 6.36 Å². The summed E-state index contributed by atoms with van der Waals surface area (Å²) in [5.41, 5.74) is 0.488. The largest absolute Gasteiger partial charge is 0.573 e. The van der Waals surface area contributed by atoms with Crippen LogP contribution < -0.4 is 4.74 Å². The molecular weight excluding hydrogens is 215 g/mol. The Kier molecular flexibility index (Phi) is 3.40. The number of halogens is 3. The van der Waals surface area contributed by atoms with E-state index in [0.29, 0.717) is 5.56 Å². The summed E-state index contributed by atoms with van der Waals surface area (Å²) in [7, 11) is 0. The molecule has 0 saturated heterocycles. The number of thiol groups is 1. The van der Waals surface area contributed by atoms with Crippen LogP contribution in [0.2, 0.25) is 0 Å². The van der Waals surface area contributed by atoms with Crippen LogP contribution >= 0.6 is 12.8 Å². The van der Waals surface area contributed by atoms with Gasteiger partial charge in [-0.05, 0) is 30.5 Å². The molecule has 6 heteroatoms. The maximum absolute atomic E-state index is 11.8. The molecule has 1 rings (SSSR count). The first kappa shape index (κ1) is 10.9. The van der Waals surface area contributed by atoms with E-state index in [1.165, 1.54) is 24.4 Å². The monoisotopic (exact) mass is 221 g/mol.